The first-order valence-corrected chi connectivity index (χ1v) is 11.7. The van der Waals surface area contributed by atoms with Crippen LogP contribution >= 0.6 is 0 Å². The third kappa shape index (κ3) is 8.50. The second-order valence-corrected chi connectivity index (χ2v) is 8.07. The molecule has 1 amide bonds. The minimum absolute atomic E-state index is 0.143. The zero-order valence-electron chi connectivity index (χ0n) is 19.8. The molecular formula is C24H41N5O2. The molecule has 0 radical (unpaired) electrons. The molecule has 1 heterocycles. The summed E-state index contributed by atoms with van der Waals surface area (Å²) in [7, 11) is 1.78. The number of hydrogen-bond donors (Lipinski definition) is 2. The quantitative estimate of drug-likeness (QED) is 0.416. The second-order valence-electron chi connectivity index (χ2n) is 8.07. The number of aliphatic imine (C=N–C) groups is 1. The fraction of sp³-hybridized carbons (Fsp3) is 0.667. The zero-order chi connectivity index (χ0) is 22.5. The summed E-state index contributed by atoms with van der Waals surface area (Å²) in [5.41, 5.74) is 1.02. The maximum Gasteiger partial charge on any atom is 0.232 e. The maximum absolute atomic E-state index is 13.2. The van der Waals surface area contributed by atoms with E-state index >= 15 is 0 Å². The molecule has 1 aliphatic rings. The van der Waals surface area contributed by atoms with Gasteiger partial charge in [-0.2, -0.15) is 0 Å². The van der Waals surface area contributed by atoms with Crippen molar-refractivity contribution in [1.82, 2.24) is 20.4 Å². The molecule has 174 valence electrons. The highest BCUT2D eigenvalue weighted by atomic mass is 16.5. The molecule has 7 nitrogen and oxygen atoms in total. The largest absolute Gasteiger partial charge is 0.378 e. The Morgan fingerprint density at radius 3 is 2.48 bits per heavy atom. The van der Waals surface area contributed by atoms with Gasteiger partial charge in [0.05, 0.1) is 19.1 Å². The van der Waals surface area contributed by atoms with E-state index in [1.165, 1.54) is 0 Å². The van der Waals surface area contributed by atoms with Crippen LogP contribution in [0.1, 0.15) is 45.1 Å². The predicted molar refractivity (Wildman–Crippen MR) is 128 cm³/mol. The van der Waals surface area contributed by atoms with Crippen LogP contribution in [0.4, 0.5) is 0 Å². The van der Waals surface area contributed by atoms with Gasteiger partial charge in [-0.3, -0.25) is 9.79 Å². The molecule has 0 spiro atoms. The summed E-state index contributed by atoms with van der Waals surface area (Å²) in [6.07, 6.45) is 2.22. The molecule has 0 saturated carbocycles. The number of guanidine groups is 1. The topological polar surface area (TPSA) is 69.2 Å². The van der Waals surface area contributed by atoms with Crippen molar-refractivity contribution in [2.24, 2.45) is 4.99 Å². The Morgan fingerprint density at radius 1 is 1.19 bits per heavy atom. The minimum Gasteiger partial charge on any atom is -0.378 e. The van der Waals surface area contributed by atoms with Crippen LogP contribution in [0, 0.1) is 0 Å². The Labute approximate surface area is 188 Å². The number of hydrogen-bond acceptors (Lipinski definition) is 4. The maximum atomic E-state index is 13.2. The van der Waals surface area contributed by atoms with Gasteiger partial charge in [-0.25, -0.2) is 0 Å². The fourth-order valence-corrected chi connectivity index (χ4v) is 3.90. The van der Waals surface area contributed by atoms with E-state index in [0.717, 1.165) is 44.0 Å². The van der Waals surface area contributed by atoms with Crippen LogP contribution < -0.4 is 10.6 Å². The van der Waals surface area contributed by atoms with Crippen LogP contribution in [0.5, 0.6) is 0 Å². The molecular weight excluding hydrogens is 390 g/mol. The standard InChI is InChI=1S/C24H41N5O2/c1-5-28(6-2)14-10-11-20(3)27-24(25-4)26-19-22(21-12-8-7-9-13-21)23(30)29-15-17-31-18-16-29/h7-9,12-13,20,22H,5-6,10-11,14-19H2,1-4H3,(H2,25,26,27). The first-order valence-electron chi connectivity index (χ1n) is 11.7. The molecule has 0 bridgehead atoms. The molecule has 0 aromatic heterocycles. The molecule has 7 heteroatoms. The van der Waals surface area contributed by atoms with Crippen LogP contribution in [0.25, 0.3) is 0 Å². The third-order valence-corrected chi connectivity index (χ3v) is 5.91. The molecule has 2 unspecified atom stereocenters. The van der Waals surface area contributed by atoms with E-state index < -0.39 is 0 Å². The van der Waals surface area contributed by atoms with Crippen molar-refractivity contribution in [2.45, 2.75) is 45.6 Å². The Morgan fingerprint density at radius 2 is 1.87 bits per heavy atom. The monoisotopic (exact) mass is 431 g/mol. The van der Waals surface area contributed by atoms with Gasteiger partial charge in [-0.15, -0.1) is 0 Å². The van der Waals surface area contributed by atoms with Crippen LogP contribution in [-0.2, 0) is 9.53 Å². The normalized spacial score (nSPS) is 16.8. The molecule has 2 rings (SSSR count). The fourth-order valence-electron chi connectivity index (χ4n) is 3.90. The van der Waals surface area contributed by atoms with Gasteiger partial charge in [0.15, 0.2) is 5.96 Å². The van der Waals surface area contributed by atoms with Crippen molar-refractivity contribution in [2.75, 3.05) is 59.5 Å². The lowest BCUT2D eigenvalue weighted by atomic mass is 9.97. The summed E-state index contributed by atoms with van der Waals surface area (Å²) in [6, 6.07) is 10.3. The Bertz CT molecular complexity index is 657. The number of ether oxygens (including phenoxy) is 1. The van der Waals surface area contributed by atoms with Gasteiger partial charge in [0.25, 0.3) is 0 Å². The van der Waals surface area contributed by atoms with Gasteiger partial charge < -0.3 is 25.2 Å². The number of morpholine rings is 1. The predicted octanol–water partition coefficient (Wildman–Crippen LogP) is 2.30. The number of nitrogens with one attached hydrogen (secondary N) is 2. The molecule has 0 aliphatic carbocycles. The summed E-state index contributed by atoms with van der Waals surface area (Å²) in [5.74, 6) is 0.631. The number of carbonyl (C=O) groups excluding carboxylic acids is 1. The van der Waals surface area contributed by atoms with E-state index in [1.807, 2.05) is 35.2 Å². The summed E-state index contributed by atoms with van der Waals surface area (Å²) < 4.78 is 5.41. The number of amides is 1. The lowest BCUT2D eigenvalue weighted by Crippen LogP contribution is -2.48. The van der Waals surface area contributed by atoms with Crippen molar-refractivity contribution < 1.29 is 9.53 Å². The van der Waals surface area contributed by atoms with Gasteiger partial charge in [-0.05, 0) is 45.0 Å². The zero-order valence-corrected chi connectivity index (χ0v) is 19.8. The molecule has 1 aliphatic heterocycles. The highest BCUT2D eigenvalue weighted by Crippen LogP contribution is 2.19. The van der Waals surface area contributed by atoms with Crippen LogP contribution in [0.2, 0.25) is 0 Å². The Balaban J connectivity index is 1.91. The summed E-state index contributed by atoms with van der Waals surface area (Å²) >= 11 is 0. The highest BCUT2D eigenvalue weighted by Gasteiger charge is 2.27. The third-order valence-electron chi connectivity index (χ3n) is 5.91. The van der Waals surface area contributed by atoms with Crippen molar-refractivity contribution in [3.8, 4) is 0 Å². The lowest BCUT2D eigenvalue weighted by molar-refractivity contribution is -0.136. The van der Waals surface area contributed by atoms with Crippen molar-refractivity contribution >= 4 is 11.9 Å². The van der Waals surface area contributed by atoms with E-state index in [1.54, 1.807) is 7.05 Å². The number of rotatable bonds is 11. The Hall–Kier alpha value is -2.12. The van der Waals surface area contributed by atoms with Crippen molar-refractivity contribution in [3.63, 3.8) is 0 Å². The van der Waals surface area contributed by atoms with Gasteiger partial charge in [0.2, 0.25) is 5.91 Å². The van der Waals surface area contributed by atoms with Crippen LogP contribution in [0.15, 0.2) is 35.3 Å². The van der Waals surface area contributed by atoms with E-state index in [-0.39, 0.29) is 11.8 Å². The van der Waals surface area contributed by atoms with Crippen LogP contribution in [-0.4, -0.2) is 87.2 Å². The first kappa shape index (κ1) is 25.1. The molecule has 1 aromatic carbocycles. The lowest BCUT2D eigenvalue weighted by Gasteiger charge is -2.31. The molecule has 1 saturated heterocycles. The molecule has 2 N–H and O–H groups in total. The number of benzene rings is 1. The van der Waals surface area contributed by atoms with E-state index in [4.69, 9.17) is 4.74 Å². The number of nitrogens with zero attached hydrogens (tertiary/aromatic N) is 3. The van der Waals surface area contributed by atoms with Crippen molar-refractivity contribution in [3.05, 3.63) is 35.9 Å². The average Bonchev–Trinajstić information content (AvgIpc) is 2.82. The minimum atomic E-state index is -0.254. The van der Waals surface area contributed by atoms with E-state index in [0.29, 0.717) is 38.9 Å². The summed E-state index contributed by atoms with van der Waals surface area (Å²) in [4.78, 5) is 22.0. The average molecular weight is 432 g/mol. The number of carbonyl (C=O) groups is 1. The van der Waals surface area contributed by atoms with Crippen molar-refractivity contribution in [1.29, 1.82) is 0 Å². The van der Waals surface area contributed by atoms with Gasteiger partial charge in [0.1, 0.15) is 0 Å². The van der Waals surface area contributed by atoms with Gasteiger partial charge in [-0.1, -0.05) is 44.2 Å². The summed E-state index contributed by atoms with van der Waals surface area (Å²) in [6.45, 7) is 12.9. The van der Waals surface area contributed by atoms with Gasteiger partial charge >= 0.3 is 0 Å². The Kier molecular flexibility index (Phi) is 11.4. The van der Waals surface area contributed by atoms with E-state index in [2.05, 4.69) is 41.3 Å². The van der Waals surface area contributed by atoms with E-state index in [9.17, 15) is 4.79 Å². The smallest absolute Gasteiger partial charge is 0.232 e. The molecule has 1 aromatic rings. The summed E-state index contributed by atoms with van der Waals surface area (Å²) in [5, 5.41) is 6.87. The SMILES string of the molecule is CCN(CC)CCCC(C)NC(=NC)NCC(C(=O)N1CCOCC1)c1ccccc1. The van der Waals surface area contributed by atoms with Gasteiger partial charge in [0, 0.05) is 32.7 Å². The molecule has 2 atom stereocenters. The molecule has 31 heavy (non-hydrogen) atoms. The molecule has 1 fully saturated rings. The highest BCUT2D eigenvalue weighted by molar-refractivity contribution is 5.86. The van der Waals surface area contributed by atoms with Crippen LogP contribution in [0.3, 0.4) is 0 Å². The first-order chi connectivity index (χ1) is 15.1. The second kappa shape index (κ2) is 14.0.